The van der Waals surface area contributed by atoms with Gasteiger partial charge in [-0.2, -0.15) is 0 Å². The van der Waals surface area contributed by atoms with Gasteiger partial charge in [-0.25, -0.2) is 0 Å². The highest BCUT2D eigenvalue weighted by Gasteiger charge is 2.68. The Bertz CT molecular complexity index is 287. The summed E-state index contributed by atoms with van der Waals surface area (Å²) in [4.78, 5) is 15.5. The molecule has 15 heavy (non-hydrogen) atoms. The van der Waals surface area contributed by atoms with E-state index in [1.807, 2.05) is 11.8 Å². The molecule has 3 nitrogen and oxygen atoms in total. The van der Waals surface area contributed by atoms with Crippen molar-refractivity contribution in [2.24, 2.45) is 5.41 Å². The quantitative estimate of drug-likeness (QED) is 0.649. The topological polar surface area (TPSA) is 24.8 Å². The summed E-state index contributed by atoms with van der Waals surface area (Å²) in [5.74, 6) is 0.125. The minimum Gasteiger partial charge on any atom is -0.334 e. The Labute approximate surface area is 100 Å². The number of carbonyl (C=O) groups is 1. The number of nitrogens with one attached hydrogen (secondary N) is 1. The van der Waals surface area contributed by atoms with Gasteiger partial charge in [0.2, 0.25) is 5.91 Å². The fraction of sp³-hybridized carbons (Fsp3) is 0.900. The van der Waals surface area contributed by atoms with E-state index in [4.69, 9.17) is 23.2 Å². The number of amides is 1. The first-order valence-electron chi connectivity index (χ1n) is 5.35. The van der Waals surface area contributed by atoms with Crippen LogP contribution in [0.1, 0.15) is 13.3 Å². The van der Waals surface area contributed by atoms with E-state index in [2.05, 4.69) is 7.05 Å². The van der Waals surface area contributed by atoms with Crippen molar-refractivity contribution in [2.45, 2.75) is 17.7 Å². The second-order valence-corrected chi connectivity index (χ2v) is 6.45. The van der Waals surface area contributed by atoms with Gasteiger partial charge in [-0.3, -0.25) is 4.79 Å². The third-order valence-electron chi connectivity index (χ3n) is 3.63. The number of carbonyl (C=O) groups excluding carboxylic acids is 1. The molecule has 1 aliphatic carbocycles. The van der Waals surface area contributed by atoms with Crippen LogP contribution in [0.5, 0.6) is 0 Å². The molecule has 0 spiro atoms. The first kappa shape index (κ1) is 11.5. The van der Waals surface area contributed by atoms with Gasteiger partial charge in [0.05, 0.1) is 38.6 Å². The fourth-order valence-corrected chi connectivity index (χ4v) is 2.77. The first-order chi connectivity index (χ1) is 6.87. The van der Waals surface area contributed by atoms with Crippen LogP contribution in [0.25, 0.3) is 0 Å². The van der Waals surface area contributed by atoms with Gasteiger partial charge in [0, 0.05) is 0 Å². The van der Waals surface area contributed by atoms with E-state index in [9.17, 15) is 4.79 Å². The molecular weight excluding hydrogens is 235 g/mol. The Morgan fingerprint density at radius 1 is 1.33 bits per heavy atom. The van der Waals surface area contributed by atoms with Crippen molar-refractivity contribution in [3.05, 3.63) is 0 Å². The molecule has 0 unspecified atom stereocenters. The molecule has 2 rings (SSSR count). The number of quaternary nitrogens is 1. The van der Waals surface area contributed by atoms with Crippen molar-refractivity contribution in [1.82, 2.24) is 4.90 Å². The molecule has 1 atom stereocenters. The highest BCUT2D eigenvalue weighted by molar-refractivity contribution is 6.53. The lowest BCUT2D eigenvalue weighted by atomic mass is 10.1. The molecule has 1 aliphatic heterocycles. The van der Waals surface area contributed by atoms with Crippen molar-refractivity contribution in [3.8, 4) is 0 Å². The Morgan fingerprint density at radius 3 is 2.20 bits per heavy atom. The third-order valence-corrected chi connectivity index (χ3v) is 4.74. The number of halogens is 2. The lowest BCUT2D eigenvalue weighted by molar-refractivity contribution is -0.883. The minimum absolute atomic E-state index is 0.125. The summed E-state index contributed by atoms with van der Waals surface area (Å²) in [6.07, 6.45) is 0.584. The maximum Gasteiger partial charge on any atom is 0.232 e. The van der Waals surface area contributed by atoms with Crippen molar-refractivity contribution >= 4 is 29.1 Å². The highest BCUT2D eigenvalue weighted by Crippen LogP contribution is 2.64. The zero-order valence-electron chi connectivity index (χ0n) is 9.15. The van der Waals surface area contributed by atoms with E-state index in [1.54, 1.807) is 0 Å². The second kappa shape index (κ2) is 3.51. The van der Waals surface area contributed by atoms with Crippen LogP contribution in [0.4, 0.5) is 0 Å². The van der Waals surface area contributed by atoms with E-state index in [0.717, 1.165) is 26.2 Å². The Kier molecular flexibility index (Phi) is 2.69. The normalized spacial score (nSPS) is 35.3. The van der Waals surface area contributed by atoms with Crippen LogP contribution in [-0.2, 0) is 4.79 Å². The zero-order chi connectivity index (χ0) is 11.3. The summed E-state index contributed by atoms with van der Waals surface area (Å²) in [6.45, 7) is 5.54. The summed E-state index contributed by atoms with van der Waals surface area (Å²) in [5.41, 5.74) is -0.540. The number of rotatable bonds is 1. The fourth-order valence-electron chi connectivity index (χ4n) is 2.07. The average Bonchev–Trinajstić information content (AvgIpc) is 2.67. The van der Waals surface area contributed by atoms with Crippen molar-refractivity contribution in [2.75, 3.05) is 33.2 Å². The van der Waals surface area contributed by atoms with Crippen LogP contribution in [0, 0.1) is 5.41 Å². The van der Waals surface area contributed by atoms with Crippen LogP contribution in [-0.4, -0.2) is 48.4 Å². The van der Waals surface area contributed by atoms with Crippen molar-refractivity contribution in [3.63, 3.8) is 0 Å². The molecule has 1 saturated carbocycles. The Hall–Kier alpha value is 0.01000. The lowest BCUT2D eigenvalue weighted by Crippen LogP contribution is -3.12. The molecule has 1 N–H and O–H groups in total. The average molecular weight is 252 g/mol. The molecule has 0 aromatic carbocycles. The molecule has 2 fully saturated rings. The van der Waals surface area contributed by atoms with E-state index >= 15 is 0 Å². The van der Waals surface area contributed by atoms with Gasteiger partial charge >= 0.3 is 0 Å². The van der Waals surface area contributed by atoms with Crippen molar-refractivity contribution < 1.29 is 9.69 Å². The van der Waals surface area contributed by atoms with Crippen LogP contribution >= 0.6 is 23.2 Å². The Morgan fingerprint density at radius 2 is 1.80 bits per heavy atom. The predicted octanol–water partition coefficient (Wildman–Crippen LogP) is -0.0728. The summed E-state index contributed by atoms with van der Waals surface area (Å²) >= 11 is 12.0. The number of hydrogen-bond donors (Lipinski definition) is 1. The third kappa shape index (κ3) is 1.85. The molecule has 0 aromatic rings. The first-order valence-corrected chi connectivity index (χ1v) is 6.11. The molecule has 1 saturated heterocycles. The highest BCUT2D eigenvalue weighted by atomic mass is 35.5. The molecule has 0 aromatic heterocycles. The number of piperazine rings is 1. The van der Waals surface area contributed by atoms with Crippen LogP contribution in [0.2, 0.25) is 0 Å². The van der Waals surface area contributed by atoms with E-state index in [1.165, 1.54) is 4.90 Å². The second-order valence-electron chi connectivity index (χ2n) is 4.96. The van der Waals surface area contributed by atoms with Gasteiger partial charge in [0.25, 0.3) is 0 Å². The molecule has 86 valence electrons. The molecule has 5 heteroatoms. The molecular formula is C10H17Cl2N2O+. The smallest absolute Gasteiger partial charge is 0.232 e. The standard InChI is InChI=1S/C10H16Cl2N2O/c1-9(7-10(9,11)12)8(15)14-5-3-13(2)4-6-14/h3-7H2,1-2H3/p+1/t9-/m0/s1. The van der Waals surface area contributed by atoms with Crippen molar-refractivity contribution in [1.29, 1.82) is 0 Å². The summed E-state index contributed by atoms with van der Waals surface area (Å²) in [7, 11) is 2.15. The number of alkyl halides is 2. The lowest BCUT2D eigenvalue weighted by Gasteiger charge is -2.32. The SMILES string of the molecule is C[NH+]1CCN(C(=O)[C@]2(C)CC2(Cl)Cl)CC1. The molecule has 0 radical (unpaired) electrons. The van der Waals surface area contributed by atoms with Gasteiger partial charge in [0.1, 0.15) is 4.33 Å². The number of nitrogens with zero attached hydrogens (tertiary/aromatic N) is 1. The monoisotopic (exact) mass is 251 g/mol. The van der Waals surface area contributed by atoms with Crippen LogP contribution < -0.4 is 4.90 Å². The van der Waals surface area contributed by atoms with E-state index < -0.39 is 9.75 Å². The molecule has 2 aliphatic rings. The summed E-state index contributed by atoms with van der Waals surface area (Å²) in [5, 5.41) is 0. The maximum atomic E-state index is 12.2. The number of hydrogen-bond acceptors (Lipinski definition) is 1. The largest absolute Gasteiger partial charge is 0.334 e. The maximum absolute atomic E-state index is 12.2. The Balaban J connectivity index is 1.98. The van der Waals surface area contributed by atoms with Crippen LogP contribution in [0.15, 0.2) is 0 Å². The number of likely N-dealkylation sites (N-methyl/N-ethyl adjacent to an activating group) is 1. The molecule has 0 bridgehead atoms. The molecule has 1 amide bonds. The summed E-state index contributed by atoms with van der Waals surface area (Å²) < 4.78 is -0.833. The van der Waals surface area contributed by atoms with E-state index in [-0.39, 0.29) is 5.91 Å². The zero-order valence-corrected chi connectivity index (χ0v) is 10.7. The van der Waals surface area contributed by atoms with E-state index in [0.29, 0.717) is 6.42 Å². The predicted molar refractivity (Wildman–Crippen MR) is 60.4 cm³/mol. The van der Waals surface area contributed by atoms with Gasteiger partial charge in [-0.05, 0) is 13.3 Å². The molecule has 1 heterocycles. The summed E-state index contributed by atoms with van der Waals surface area (Å²) in [6, 6.07) is 0. The van der Waals surface area contributed by atoms with Crippen LogP contribution in [0.3, 0.4) is 0 Å². The van der Waals surface area contributed by atoms with Gasteiger partial charge in [-0.15, -0.1) is 23.2 Å². The minimum atomic E-state index is -0.833. The van der Waals surface area contributed by atoms with Gasteiger partial charge in [0.15, 0.2) is 0 Å². The van der Waals surface area contributed by atoms with Gasteiger partial charge < -0.3 is 9.80 Å². The van der Waals surface area contributed by atoms with Gasteiger partial charge in [-0.1, -0.05) is 0 Å².